The molecule has 0 saturated heterocycles. The number of benzene rings is 2. The van der Waals surface area contributed by atoms with E-state index in [1.54, 1.807) is 0 Å². The molecule has 0 aromatic heterocycles. The van der Waals surface area contributed by atoms with Crippen LogP contribution in [0.3, 0.4) is 0 Å². The fraction of sp³-hybridized carbons (Fsp3) is 0.0769. The molecule has 0 amide bonds. The maximum Gasteiger partial charge on any atom is 0.106 e. The van der Waals surface area contributed by atoms with Crippen molar-refractivity contribution in [2.45, 2.75) is 6.10 Å². The highest BCUT2D eigenvalue weighted by molar-refractivity contribution is 9.10. The number of hydrogen-bond acceptors (Lipinski definition) is 1. The Morgan fingerprint density at radius 1 is 1.00 bits per heavy atom. The number of hydrogen-bond donors (Lipinski definition) is 1. The second-order valence-corrected chi connectivity index (χ2v) is 4.69. The standard InChI is InChI=1S/C13H10BrClO/c14-11-8-4-7-10(12(11)15)13(16)9-5-2-1-3-6-9/h1-8,13,16H. The van der Waals surface area contributed by atoms with Gasteiger partial charge >= 0.3 is 0 Å². The highest BCUT2D eigenvalue weighted by Crippen LogP contribution is 2.32. The predicted octanol–water partition coefficient (Wildman–Crippen LogP) is 4.18. The molecular weight excluding hydrogens is 287 g/mol. The fourth-order valence-electron chi connectivity index (χ4n) is 1.55. The lowest BCUT2D eigenvalue weighted by molar-refractivity contribution is 0.220. The monoisotopic (exact) mass is 296 g/mol. The van der Waals surface area contributed by atoms with E-state index in [-0.39, 0.29) is 0 Å². The van der Waals surface area contributed by atoms with Crippen LogP contribution in [0.25, 0.3) is 0 Å². The zero-order valence-corrected chi connectivity index (χ0v) is 10.7. The van der Waals surface area contributed by atoms with E-state index in [0.29, 0.717) is 10.6 Å². The first-order valence-electron chi connectivity index (χ1n) is 4.87. The fourth-order valence-corrected chi connectivity index (χ4v) is 2.16. The first-order valence-corrected chi connectivity index (χ1v) is 6.04. The van der Waals surface area contributed by atoms with Gasteiger partial charge in [-0.15, -0.1) is 0 Å². The molecule has 1 unspecified atom stereocenters. The van der Waals surface area contributed by atoms with Crippen LogP contribution in [-0.4, -0.2) is 5.11 Å². The Kier molecular flexibility index (Phi) is 3.64. The van der Waals surface area contributed by atoms with Gasteiger partial charge in [0.15, 0.2) is 0 Å². The van der Waals surface area contributed by atoms with E-state index in [4.69, 9.17) is 11.6 Å². The molecule has 0 spiro atoms. The molecule has 2 aromatic rings. The Morgan fingerprint density at radius 2 is 1.69 bits per heavy atom. The molecule has 2 rings (SSSR count). The van der Waals surface area contributed by atoms with Crippen molar-refractivity contribution in [1.82, 2.24) is 0 Å². The molecule has 0 aliphatic heterocycles. The maximum atomic E-state index is 10.2. The lowest BCUT2D eigenvalue weighted by Gasteiger charge is -2.13. The smallest absolute Gasteiger partial charge is 0.106 e. The molecule has 2 aromatic carbocycles. The van der Waals surface area contributed by atoms with Crippen LogP contribution in [0, 0.1) is 0 Å². The van der Waals surface area contributed by atoms with E-state index < -0.39 is 6.10 Å². The SMILES string of the molecule is OC(c1ccccc1)c1cccc(Br)c1Cl. The minimum atomic E-state index is -0.689. The van der Waals surface area contributed by atoms with E-state index in [0.717, 1.165) is 10.0 Å². The Morgan fingerprint density at radius 3 is 2.38 bits per heavy atom. The summed E-state index contributed by atoms with van der Waals surface area (Å²) in [5.74, 6) is 0. The van der Waals surface area contributed by atoms with E-state index in [1.165, 1.54) is 0 Å². The van der Waals surface area contributed by atoms with Crippen LogP contribution in [0.4, 0.5) is 0 Å². The van der Waals surface area contributed by atoms with Crippen molar-refractivity contribution >= 4 is 27.5 Å². The maximum absolute atomic E-state index is 10.2. The van der Waals surface area contributed by atoms with Gasteiger partial charge in [0.25, 0.3) is 0 Å². The Hall–Kier alpha value is -0.830. The zero-order chi connectivity index (χ0) is 11.5. The predicted molar refractivity (Wildman–Crippen MR) is 69.7 cm³/mol. The van der Waals surface area contributed by atoms with Crippen molar-refractivity contribution in [3.63, 3.8) is 0 Å². The molecule has 82 valence electrons. The Balaban J connectivity index is 2.42. The van der Waals surface area contributed by atoms with Crippen LogP contribution >= 0.6 is 27.5 Å². The topological polar surface area (TPSA) is 20.2 Å². The number of aliphatic hydroxyl groups is 1. The molecule has 0 radical (unpaired) electrons. The van der Waals surface area contributed by atoms with Crippen molar-refractivity contribution in [2.24, 2.45) is 0 Å². The van der Waals surface area contributed by atoms with Crippen LogP contribution in [0.2, 0.25) is 5.02 Å². The minimum absolute atomic E-state index is 0.554. The van der Waals surface area contributed by atoms with Crippen LogP contribution < -0.4 is 0 Å². The van der Waals surface area contributed by atoms with Gasteiger partial charge in [0.1, 0.15) is 6.10 Å². The Labute approximate surface area is 108 Å². The average Bonchev–Trinajstić information content (AvgIpc) is 2.33. The summed E-state index contributed by atoms with van der Waals surface area (Å²) in [6, 6.07) is 15.0. The van der Waals surface area contributed by atoms with Crippen LogP contribution in [0.1, 0.15) is 17.2 Å². The molecule has 0 saturated carbocycles. The van der Waals surface area contributed by atoms with Gasteiger partial charge in [0, 0.05) is 10.0 Å². The van der Waals surface area contributed by atoms with E-state index in [1.807, 2.05) is 48.5 Å². The molecular formula is C13H10BrClO. The lowest BCUT2D eigenvalue weighted by Crippen LogP contribution is -2.00. The third kappa shape index (κ3) is 2.29. The van der Waals surface area contributed by atoms with Crippen molar-refractivity contribution in [2.75, 3.05) is 0 Å². The molecule has 16 heavy (non-hydrogen) atoms. The summed E-state index contributed by atoms with van der Waals surface area (Å²) in [7, 11) is 0. The van der Waals surface area contributed by atoms with Crippen LogP contribution in [0.5, 0.6) is 0 Å². The van der Waals surface area contributed by atoms with Crippen LogP contribution in [0.15, 0.2) is 53.0 Å². The van der Waals surface area contributed by atoms with Gasteiger partial charge in [0.2, 0.25) is 0 Å². The molecule has 0 heterocycles. The van der Waals surface area contributed by atoms with E-state index in [9.17, 15) is 5.11 Å². The van der Waals surface area contributed by atoms with Crippen molar-refractivity contribution in [1.29, 1.82) is 0 Å². The molecule has 1 N–H and O–H groups in total. The third-order valence-corrected chi connectivity index (χ3v) is 3.70. The molecule has 0 aliphatic carbocycles. The van der Waals surface area contributed by atoms with E-state index >= 15 is 0 Å². The van der Waals surface area contributed by atoms with Crippen molar-refractivity contribution < 1.29 is 5.11 Å². The van der Waals surface area contributed by atoms with Gasteiger partial charge in [0.05, 0.1) is 5.02 Å². The molecule has 0 bridgehead atoms. The summed E-state index contributed by atoms with van der Waals surface area (Å²) in [6.45, 7) is 0. The van der Waals surface area contributed by atoms with Gasteiger partial charge in [-0.2, -0.15) is 0 Å². The first-order chi connectivity index (χ1) is 7.70. The average molecular weight is 298 g/mol. The van der Waals surface area contributed by atoms with Crippen molar-refractivity contribution in [3.05, 3.63) is 69.2 Å². The second-order valence-electron chi connectivity index (χ2n) is 3.46. The molecule has 0 aliphatic rings. The quantitative estimate of drug-likeness (QED) is 0.881. The molecule has 1 atom stereocenters. The highest BCUT2D eigenvalue weighted by atomic mass is 79.9. The second kappa shape index (κ2) is 5.00. The van der Waals surface area contributed by atoms with E-state index in [2.05, 4.69) is 15.9 Å². The number of rotatable bonds is 2. The number of aliphatic hydroxyl groups excluding tert-OH is 1. The largest absolute Gasteiger partial charge is 0.384 e. The highest BCUT2D eigenvalue weighted by Gasteiger charge is 2.14. The normalized spacial score (nSPS) is 12.4. The summed E-state index contributed by atoms with van der Waals surface area (Å²) in [4.78, 5) is 0. The van der Waals surface area contributed by atoms with Gasteiger partial charge in [-0.05, 0) is 27.6 Å². The van der Waals surface area contributed by atoms with Gasteiger partial charge < -0.3 is 5.11 Å². The van der Waals surface area contributed by atoms with Crippen molar-refractivity contribution in [3.8, 4) is 0 Å². The van der Waals surface area contributed by atoms with Gasteiger partial charge in [-0.3, -0.25) is 0 Å². The molecule has 0 fully saturated rings. The van der Waals surface area contributed by atoms with Gasteiger partial charge in [-0.25, -0.2) is 0 Å². The first kappa shape index (κ1) is 11.6. The Bertz CT molecular complexity index is 485. The summed E-state index contributed by atoms with van der Waals surface area (Å²) in [5.41, 5.74) is 1.55. The molecule has 1 nitrogen and oxygen atoms in total. The summed E-state index contributed by atoms with van der Waals surface area (Å²) < 4.78 is 0.793. The lowest BCUT2D eigenvalue weighted by atomic mass is 10.0. The third-order valence-electron chi connectivity index (χ3n) is 2.39. The van der Waals surface area contributed by atoms with Gasteiger partial charge in [-0.1, -0.05) is 54.1 Å². The minimum Gasteiger partial charge on any atom is -0.384 e. The summed E-state index contributed by atoms with van der Waals surface area (Å²) >= 11 is 9.47. The summed E-state index contributed by atoms with van der Waals surface area (Å²) in [5, 5.41) is 10.7. The summed E-state index contributed by atoms with van der Waals surface area (Å²) in [6.07, 6.45) is -0.689. The van der Waals surface area contributed by atoms with Crippen LogP contribution in [-0.2, 0) is 0 Å². The zero-order valence-electron chi connectivity index (χ0n) is 8.40. The molecule has 3 heteroatoms. The number of halogens is 2.